The molecular formula is C21H38IN5. The summed E-state index contributed by atoms with van der Waals surface area (Å²) in [4.78, 5) is 9.77. The molecule has 0 unspecified atom stereocenters. The third kappa shape index (κ3) is 9.25. The lowest BCUT2D eigenvalue weighted by Crippen LogP contribution is -2.45. The van der Waals surface area contributed by atoms with Crippen LogP contribution in [0.15, 0.2) is 29.3 Å². The number of nitrogens with zero attached hydrogens (tertiary/aromatic N) is 3. The Kier molecular flexibility index (Phi) is 11.9. The minimum atomic E-state index is 0. The van der Waals surface area contributed by atoms with Crippen molar-refractivity contribution in [3.05, 3.63) is 35.4 Å². The van der Waals surface area contributed by atoms with Crippen LogP contribution in [0.3, 0.4) is 0 Å². The van der Waals surface area contributed by atoms with Gasteiger partial charge in [-0.3, -0.25) is 4.90 Å². The zero-order chi connectivity index (χ0) is 18.8. The summed E-state index contributed by atoms with van der Waals surface area (Å²) in [5.74, 6) is 1.51. The summed E-state index contributed by atoms with van der Waals surface area (Å²) in [6, 6.07) is 8.94. The van der Waals surface area contributed by atoms with Gasteiger partial charge in [0.05, 0.1) is 6.54 Å². The van der Waals surface area contributed by atoms with Crippen molar-refractivity contribution in [2.75, 3.05) is 45.8 Å². The second-order valence-electron chi connectivity index (χ2n) is 7.50. The number of nitrogens with one attached hydrogen (secondary N) is 2. The Morgan fingerprint density at radius 3 is 2.11 bits per heavy atom. The number of guanidine groups is 1. The Morgan fingerprint density at radius 2 is 1.56 bits per heavy atom. The number of aliphatic imine (C=N–C) groups is 1. The highest BCUT2D eigenvalue weighted by Gasteiger charge is 2.15. The maximum atomic E-state index is 4.70. The molecule has 1 aromatic rings. The Bertz CT molecular complexity index is 536. The summed E-state index contributed by atoms with van der Waals surface area (Å²) in [7, 11) is 0. The van der Waals surface area contributed by atoms with Crippen molar-refractivity contribution in [1.29, 1.82) is 0 Å². The van der Waals surface area contributed by atoms with Gasteiger partial charge in [-0.15, -0.1) is 24.0 Å². The van der Waals surface area contributed by atoms with Crippen molar-refractivity contribution in [1.82, 2.24) is 20.4 Å². The van der Waals surface area contributed by atoms with Gasteiger partial charge in [0.2, 0.25) is 0 Å². The number of likely N-dealkylation sites (N-methyl/N-ethyl adjacent to an activating group) is 1. The first kappa shape index (κ1) is 24.2. The smallest absolute Gasteiger partial charge is 0.191 e. The van der Waals surface area contributed by atoms with Gasteiger partial charge in [-0.05, 0) is 30.5 Å². The Balaban J connectivity index is 0.00000364. The number of halogens is 1. The van der Waals surface area contributed by atoms with Crippen molar-refractivity contribution < 1.29 is 0 Å². The second-order valence-corrected chi connectivity index (χ2v) is 7.50. The van der Waals surface area contributed by atoms with E-state index in [4.69, 9.17) is 4.99 Å². The van der Waals surface area contributed by atoms with Gasteiger partial charge in [0.1, 0.15) is 0 Å². The van der Waals surface area contributed by atoms with Crippen LogP contribution < -0.4 is 10.6 Å². The molecule has 1 aliphatic heterocycles. The maximum absolute atomic E-state index is 4.70. The van der Waals surface area contributed by atoms with E-state index in [1.807, 2.05) is 0 Å². The fourth-order valence-electron chi connectivity index (χ4n) is 3.08. The highest BCUT2D eigenvalue weighted by molar-refractivity contribution is 14.0. The van der Waals surface area contributed by atoms with E-state index in [0.717, 1.165) is 25.6 Å². The van der Waals surface area contributed by atoms with E-state index in [1.54, 1.807) is 0 Å². The van der Waals surface area contributed by atoms with Crippen LogP contribution in [-0.2, 0) is 13.1 Å². The van der Waals surface area contributed by atoms with Crippen LogP contribution in [0.4, 0.5) is 0 Å². The van der Waals surface area contributed by atoms with E-state index < -0.39 is 0 Å². The van der Waals surface area contributed by atoms with Crippen molar-refractivity contribution in [3.8, 4) is 0 Å². The average molecular weight is 487 g/mol. The van der Waals surface area contributed by atoms with Crippen LogP contribution in [0, 0.1) is 5.92 Å². The van der Waals surface area contributed by atoms with Crippen molar-refractivity contribution >= 4 is 29.9 Å². The van der Waals surface area contributed by atoms with Gasteiger partial charge in [-0.25, -0.2) is 4.99 Å². The molecule has 0 bridgehead atoms. The van der Waals surface area contributed by atoms with E-state index in [-0.39, 0.29) is 24.0 Å². The number of benzene rings is 1. The van der Waals surface area contributed by atoms with Gasteiger partial charge in [0, 0.05) is 45.8 Å². The quantitative estimate of drug-likeness (QED) is 0.336. The largest absolute Gasteiger partial charge is 0.357 e. The SMILES string of the molecule is CCNC(=NCc1ccc(CN2CCN(CC)CC2)cc1)NCC(C)C.I. The van der Waals surface area contributed by atoms with E-state index in [1.165, 1.54) is 43.9 Å². The first-order valence-electron chi connectivity index (χ1n) is 10.1. The van der Waals surface area contributed by atoms with Gasteiger partial charge in [-0.1, -0.05) is 45.0 Å². The summed E-state index contributed by atoms with van der Waals surface area (Å²) in [6.07, 6.45) is 0. The predicted octanol–water partition coefficient (Wildman–Crippen LogP) is 3.15. The molecule has 5 nitrogen and oxygen atoms in total. The van der Waals surface area contributed by atoms with Crippen molar-refractivity contribution in [2.45, 2.75) is 40.8 Å². The maximum Gasteiger partial charge on any atom is 0.191 e. The standard InChI is InChI=1S/C21H37N5.HI/c1-5-22-21(23-15-18(3)4)24-16-19-7-9-20(10-8-19)17-26-13-11-25(6-2)12-14-26;/h7-10,18H,5-6,11-17H2,1-4H3,(H2,22,23,24);1H. The monoisotopic (exact) mass is 487 g/mol. The lowest BCUT2D eigenvalue weighted by atomic mass is 10.1. The number of hydrogen-bond acceptors (Lipinski definition) is 3. The van der Waals surface area contributed by atoms with Crippen LogP contribution in [-0.4, -0.2) is 61.6 Å². The van der Waals surface area contributed by atoms with Crippen LogP contribution in [0.5, 0.6) is 0 Å². The number of piperazine rings is 1. The summed E-state index contributed by atoms with van der Waals surface area (Å²) in [5.41, 5.74) is 2.65. The Labute approximate surface area is 183 Å². The molecule has 0 aliphatic carbocycles. The lowest BCUT2D eigenvalue weighted by Gasteiger charge is -2.34. The van der Waals surface area contributed by atoms with E-state index in [9.17, 15) is 0 Å². The molecule has 0 spiro atoms. The number of rotatable bonds is 8. The fraction of sp³-hybridized carbons (Fsp3) is 0.667. The Hall–Kier alpha value is -0.860. The molecule has 6 heteroatoms. The summed E-state index contributed by atoms with van der Waals surface area (Å²) in [5, 5.41) is 6.70. The summed E-state index contributed by atoms with van der Waals surface area (Å²) < 4.78 is 0. The molecule has 27 heavy (non-hydrogen) atoms. The molecule has 154 valence electrons. The third-order valence-corrected chi connectivity index (χ3v) is 4.78. The molecule has 1 heterocycles. The molecule has 0 radical (unpaired) electrons. The van der Waals surface area contributed by atoms with Crippen LogP contribution >= 0.6 is 24.0 Å². The molecule has 0 saturated carbocycles. The topological polar surface area (TPSA) is 42.9 Å². The molecule has 1 aliphatic rings. The van der Waals surface area contributed by atoms with Crippen molar-refractivity contribution in [2.24, 2.45) is 10.9 Å². The summed E-state index contributed by atoms with van der Waals surface area (Å²) >= 11 is 0. The predicted molar refractivity (Wildman–Crippen MR) is 127 cm³/mol. The molecule has 0 atom stereocenters. The molecule has 2 N–H and O–H groups in total. The number of hydrogen-bond donors (Lipinski definition) is 2. The fourth-order valence-corrected chi connectivity index (χ4v) is 3.08. The molecular weight excluding hydrogens is 449 g/mol. The highest BCUT2D eigenvalue weighted by atomic mass is 127. The van der Waals surface area contributed by atoms with Crippen molar-refractivity contribution in [3.63, 3.8) is 0 Å². The highest BCUT2D eigenvalue weighted by Crippen LogP contribution is 2.11. The van der Waals surface area contributed by atoms with Gasteiger partial charge >= 0.3 is 0 Å². The molecule has 0 amide bonds. The van der Waals surface area contributed by atoms with Gasteiger partial charge in [0.25, 0.3) is 0 Å². The molecule has 0 aromatic heterocycles. The van der Waals surface area contributed by atoms with Crippen LogP contribution in [0.25, 0.3) is 0 Å². The average Bonchev–Trinajstić information content (AvgIpc) is 2.65. The second kappa shape index (κ2) is 13.3. The van der Waals surface area contributed by atoms with Gasteiger partial charge < -0.3 is 15.5 Å². The molecule has 1 aromatic carbocycles. The Morgan fingerprint density at radius 1 is 0.963 bits per heavy atom. The zero-order valence-corrected chi connectivity index (χ0v) is 19.8. The minimum Gasteiger partial charge on any atom is -0.357 e. The lowest BCUT2D eigenvalue weighted by molar-refractivity contribution is 0.132. The first-order valence-corrected chi connectivity index (χ1v) is 10.1. The van der Waals surface area contributed by atoms with Crippen LogP contribution in [0.2, 0.25) is 0 Å². The summed E-state index contributed by atoms with van der Waals surface area (Å²) in [6.45, 7) is 18.3. The van der Waals surface area contributed by atoms with E-state index >= 15 is 0 Å². The first-order chi connectivity index (χ1) is 12.6. The third-order valence-electron chi connectivity index (χ3n) is 4.78. The molecule has 2 rings (SSSR count). The zero-order valence-electron chi connectivity index (χ0n) is 17.5. The normalized spacial score (nSPS) is 16.3. The van der Waals surface area contributed by atoms with Gasteiger partial charge in [-0.2, -0.15) is 0 Å². The van der Waals surface area contributed by atoms with E-state index in [2.05, 4.69) is 72.4 Å². The van der Waals surface area contributed by atoms with E-state index in [0.29, 0.717) is 12.5 Å². The molecule has 1 fully saturated rings. The minimum absolute atomic E-state index is 0. The van der Waals surface area contributed by atoms with Crippen LogP contribution in [0.1, 0.15) is 38.8 Å². The van der Waals surface area contributed by atoms with Gasteiger partial charge in [0.15, 0.2) is 5.96 Å². The molecule has 1 saturated heterocycles.